The van der Waals surface area contributed by atoms with Gasteiger partial charge in [-0.05, 0) is 30.0 Å². The fourth-order valence-electron chi connectivity index (χ4n) is 1.82. The molecule has 3 N–H and O–H groups in total. The van der Waals surface area contributed by atoms with Crippen molar-refractivity contribution in [2.75, 3.05) is 17.2 Å². The van der Waals surface area contributed by atoms with Gasteiger partial charge in [-0.3, -0.25) is 0 Å². The molecule has 2 rings (SSSR count). The minimum absolute atomic E-state index is 0.106. The molecular weight excluding hydrogens is 280 g/mol. The van der Waals surface area contributed by atoms with E-state index in [1.807, 2.05) is 24.3 Å². The molecule has 0 heterocycles. The molecule has 1 aliphatic carbocycles. The predicted octanol–water partition coefficient (Wildman–Crippen LogP) is 2.08. The van der Waals surface area contributed by atoms with Crippen LogP contribution in [0.5, 0.6) is 0 Å². The van der Waals surface area contributed by atoms with Crippen molar-refractivity contribution in [2.24, 2.45) is 5.41 Å². The summed E-state index contributed by atoms with van der Waals surface area (Å²) < 4.78 is 26.5. The number of nitrogens with one attached hydrogen (secondary N) is 1. The van der Waals surface area contributed by atoms with E-state index in [2.05, 4.69) is 18.6 Å². The van der Waals surface area contributed by atoms with Crippen molar-refractivity contribution in [3.8, 4) is 0 Å². The number of sulfonamides is 1. The van der Waals surface area contributed by atoms with E-state index in [4.69, 9.17) is 5.73 Å². The third-order valence-electron chi connectivity index (χ3n) is 3.31. The van der Waals surface area contributed by atoms with Crippen molar-refractivity contribution < 1.29 is 8.42 Å². The maximum Gasteiger partial charge on any atom is 0.212 e. The Kier molecular flexibility index (Phi) is 4.13. The molecule has 0 aromatic heterocycles. The van der Waals surface area contributed by atoms with E-state index in [0.29, 0.717) is 11.4 Å². The van der Waals surface area contributed by atoms with Gasteiger partial charge in [0, 0.05) is 22.4 Å². The number of anilines is 1. The summed E-state index contributed by atoms with van der Waals surface area (Å²) in [5, 5.41) is 0. The van der Waals surface area contributed by atoms with Gasteiger partial charge in [0.1, 0.15) is 0 Å². The molecule has 106 valence electrons. The van der Waals surface area contributed by atoms with Gasteiger partial charge in [-0.25, -0.2) is 13.1 Å². The van der Waals surface area contributed by atoms with E-state index in [1.165, 1.54) is 11.8 Å². The number of nitrogen functional groups attached to an aromatic ring is 1. The number of thioether (sulfide) groups is 1. The zero-order valence-corrected chi connectivity index (χ0v) is 12.9. The molecule has 19 heavy (non-hydrogen) atoms. The lowest BCUT2D eigenvalue weighted by Gasteiger charge is -2.08. The molecule has 0 spiro atoms. The number of rotatable bonds is 6. The maximum atomic E-state index is 11.9. The Bertz CT molecular complexity index is 556. The van der Waals surface area contributed by atoms with Crippen LogP contribution in [0.2, 0.25) is 0 Å². The smallest absolute Gasteiger partial charge is 0.212 e. The fraction of sp³-hybridized carbons (Fsp3) is 0.538. The average molecular weight is 300 g/mol. The normalized spacial score (nSPS) is 21.3. The first-order chi connectivity index (χ1) is 8.78. The van der Waals surface area contributed by atoms with Crippen molar-refractivity contribution in [3.63, 3.8) is 0 Å². The highest BCUT2D eigenvalue weighted by molar-refractivity contribution is 8.00. The topological polar surface area (TPSA) is 72.2 Å². The average Bonchev–Trinajstić information content (AvgIpc) is 2.84. The lowest BCUT2D eigenvalue weighted by atomic mass is 10.2. The maximum absolute atomic E-state index is 11.9. The summed E-state index contributed by atoms with van der Waals surface area (Å²) in [4.78, 5) is 1.00. The van der Waals surface area contributed by atoms with Gasteiger partial charge in [0.15, 0.2) is 0 Å². The van der Waals surface area contributed by atoms with Crippen LogP contribution >= 0.6 is 11.8 Å². The highest BCUT2D eigenvalue weighted by Gasteiger charge is 2.47. The zero-order valence-electron chi connectivity index (χ0n) is 11.2. The lowest BCUT2D eigenvalue weighted by Crippen LogP contribution is -2.31. The molecule has 1 fully saturated rings. The molecule has 4 nitrogen and oxygen atoms in total. The Morgan fingerprint density at radius 3 is 2.74 bits per heavy atom. The van der Waals surface area contributed by atoms with Gasteiger partial charge in [0.05, 0.1) is 5.75 Å². The van der Waals surface area contributed by atoms with E-state index >= 15 is 0 Å². The zero-order chi connectivity index (χ0) is 14.1. The van der Waals surface area contributed by atoms with Crippen LogP contribution in [0.1, 0.15) is 20.3 Å². The summed E-state index contributed by atoms with van der Waals surface area (Å²) in [5.41, 5.74) is 6.50. The second-order valence-electron chi connectivity index (χ2n) is 5.60. The van der Waals surface area contributed by atoms with Crippen LogP contribution in [-0.2, 0) is 10.0 Å². The quantitative estimate of drug-likeness (QED) is 0.623. The number of hydrogen-bond acceptors (Lipinski definition) is 4. The molecule has 1 aromatic carbocycles. The minimum atomic E-state index is -3.17. The third-order valence-corrected chi connectivity index (χ3v) is 5.95. The molecule has 0 aliphatic heterocycles. The SMILES string of the molecule is CC1(C)CC1NS(=O)(=O)CCSc1cccc(N)c1. The van der Waals surface area contributed by atoms with Gasteiger partial charge in [-0.15, -0.1) is 11.8 Å². The van der Waals surface area contributed by atoms with Crippen LogP contribution in [0.25, 0.3) is 0 Å². The Hall–Kier alpha value is -0.720. The summed E-state index contributed by atoms with van der Waals surface area (Å²) in [6.07, 6.45) is 0.925. The minimum Gasteiger partial charge on any atom is -0.399 e. The van der Waals surface area contributed by atoms with Gasteiger partial charge in [0.25, 0.3) is 0 Å². The summed E-state index contributed by atoms with van der Waals surface area (Å²) >= 11 is 1.51. The molecule has 6 heteroatoms. The molecule has 0 bridgehead atoms. The number of benzene rings is 1. The fourth-order valence-corrected chi connectivity index (χ4v) is 4.61. The molecule has 0 amide bonds. The monoisotopic (exact) mass is 300 g/mol. The first kappa shape index (κ1) is 14.7. The van der Waals surface area contributed by atoms with Gasteiger partial charge in [-0.1, -0.05) is 19.9 Å². The second kappa shape index (κ2) is 5.34. The Morgan fingerprint density at radius 2 is 2.16 bits per heavy atom. The summed E-state index contributed by atoms with van der Waals surface area (Å²) in [6, 6.07) is 7.59. The van der Waals surface area contributed by atoms with Crippen LogP contribution < -0.4 is 10.5 Å². The molecule has 1 unspecified atom stereocenters. The largest absolute Gasteiger partial charge is 0.399 e. The van der Waals surface area contributed by atoms with Crippen LogP contribution in [0.15, 0.2) is 29.2 Å². The first-order valence-corrected chi connectivity index (χ1v) is 8.91. The van der Waals surface area contributed by atoms with Gasteiger partial charge in [0.2, 0.25) is 10.0 Å². The van der Waals surface area contributed by atoms with Crippen molar-refractivity contribution in [2.45, 2.75) is 31.2 Å². The Morgan fingerprint density at radius 1 is 1.47 bits per heavy atom. The van der Waals surface area contributed by atoms with Gasteiger partial charge >= 0.3 is 0 Å². The molecule has 0 saturated heterocycles. The third kappa shape index (κ3) is 4.40. The summed E-state index contributed by atoms with van der Waals surface area (Å²) in [7, 11) is -3.17. The standard InChI is InChI=1S/C13H20N2O2S2/c1-13(2)9-12(13)15-19(16,17)7-6-18-11-5-3-4-10(14)8-11/h3-5,8,12,15H,6-7,9,14H2,1-2H3. The first-order valence-electron chi connectivity index (χ1n) is 6.27. The van der Waals surface area contributed by atoms with Crippen molar-refractivity contribution in [1.82, 2.24) is 4.72 Å². The van der Waals surface area contributed by atoms with Crippen LogP contribution in [0.4, 0.5) is 5.69 Å². The van der Waals surface area contributed by atoms with Crippen molar-refractivity contribution >= 4 is 27.5 Å². The van der Waals surface area contributed by atoms with Gasteiger partial charge in [-0.2, -0.15) is 0 Å². The Labute approximate surface area is 119 Å². The molecule has 1 aromatic rings. The lowest BCUT2D eigenvalue weighted by molar-refractivity contribution is 0.556. The summed E-state index contributed by atoms with van der Waals surface area (Å²) in [6.45, 7) is 4.14. The Balaban J connectivity index is 1.79. The highest BCUT2D eigenvalue weighted by atomic mass is 32.2. The molecule has 1 aliphatic rings. The van der Waals surface area contributed by atoms with Crippen molar-refractivity contribution in [3.05, 3.63) is 24.3 Å². The molecular formula is C13H20N2O2S2. The van der Waals surface area contributed by atoms with Crippen molar-refractivity contribution in [1.29, 1.82) is 0 Å². The van der Waals surface area contributed by atoms with E-state index < -0.39 is 10.0 Å². The van der Waals surface area contributed by atoms with Crippen LogP contribution in [-0.4, -0.2) is 26.0 Å². The van der Waals surface area contributed by atoms with Crippen LogP contribution in [0, 0.1) is 5.41 Å². The molecule has 1 atom stereocenters. The number of nitrogens with two attached hydrogens (primary N) is 1. The predicted molar refractivity (Wildman–Crippen MR) is 80.7 cm³/mol. The van der Waals surface area contributed by atoms with E-state index in [0.717, 1.165) is 11.3 Å². The second-order valence-corrected chi connectivity index (χ2v) is 8.64. The summed E-state index contributed by atoms with van der Waals surface area (Å²) in [5.74, 6) is 0.672. The molecule has 1 saturated carbocycles. The van der Waals surface area contributed by atoms with E-state index in [-0.39, 0.29) is 17.2 Å². The van der Waals surface area contributed by atoms with E-state index in [9.17, 15) is 8.42 Å². The number of hydrogen-bond donors (Lipinski definition) is 2. The molecule has 0 radical (unpaired) electrons. The van der Waals surface area contributed by atoms with Crippen LogP contribution in [0.3, 0.4) is 0 Å². The van der Waals surface area contributed by atoms with E-state index in [1.54, 1.807) is 0 Å². The van der Waals surface area contributed by atoms with Gasteiger partial charge < -0.3 is 5.73 Å². The highest BCUT2D eigenvalue weighted by Crippen LogP contribution is 2.44.